The Bertz CT molecular complexity index is 1720. The second kappa shape index (κ2) is 16.7. The number of rotatable bonds is 15. The zero-order valence-electron chi connectivity index (χ0n) is 26.2. The third-order valence-electron chi connectivity index (χ3n) is 7.17. The van der Waals surface area contributed by atoms with Crippen LogP contribution < -0.4 is 9.47 Å². The van der Waals surface area contributed by atoms with Gasteiger partial charge >= 0.3 is 24.3 Å². The molecule has 0 aliphatic carbocycles. The molecule has 4 rings (SSSR count). The third kappa shape index (κ3) is 11.5. The summed E-state index contributed by atoms with van der Waals surface area (Å²) in [5, 5.41) is 19.1. The smallest absolute Gasteiger partial charge is 0.416 e. The molecular formula is C37H31F6NO6. The summed E-state index contributed by atoms with van der Waals surface area (Å²) in [5.74, 6) is -1.84. The first-order chi connectivity index (χ1) is 23.7. The largest absolute Gasteiger partial charge is 0.481 e. The number of benzene rings is 4. The van der Waals surface area contributed by atoms with Crippen molar-refractivity contribution in [1.82, 2.24) is 4.90 Å². The lowest BCUT2D eigenvalue weighted by Gasteiger charge is -2.26. The van der Waals surface area contributed by atoms with Gasteiger partial charge in [-0.2, -0.15) is 26.3 Å². The molecule has 4 aromatic rings. The van der Waals surface area contributed by atoms with Crippen LogP contribution in [0.15, 0.2) is 109 Å². The highest BCUT2D eigenvalue weighted by atomic mass is 19.4. The minimum absolute atomic E-state index is 0.00518. The molecule has 0 unspecified atom stereocenters. The van der Waals surface area contributed by atoms with Gasteiger partial charge in [0.25, 0.3) is 0 Å². The second-order valence-corrected chi connectivity index (χ2v) is 10.9. The highest BCUT2D eigenvalue weighted by molar-refractivity contribution is 5.75. The Morgan fingerprint density at radius 2 is 1.04 bits per heavy atom. The van der Waals surface area contributed by atoms with Crippen molar-refractivity contribution in [2.24, 2.45) is 0 Å². The Morgan fingerprint density at radius 3 is 1.42 bits per heavy atom. The summed E-state index contributed by atoms with van der Waals surface area (Å²) in [4.78, 5) is 25.0. The van der Waals surface area contributed by atoms with Crippen LogP contribution in [0.5, 0.6) is 23.0 Å². The summed E-state index contributed by atoms with van der Waals surface area (Å²) in [5.41, 5.74) is -0.487. The van der Waals surface area contributed by atoms with Crippen molar-refractivity contribution in [3.63, 3.8) is 0 Å². The van der Waals surface area contributed by atoms with Gasteiger partial charge < -0.3 is 19.7 Å². The van der Waals surface area contributed by atoms with Crippen LogP contribution >= 0.6 is 0 Å². The van der Waals surface area contributed by atoms with Crippen molar-refractivity contribution in [1.29, 1.82) is 0 Å². The van der Waals surface area contributed by atoms with Gasteiger partial charge in [0.05, 0.1) is 11.1 Å². The molecule has 1 atom stereocenters. The molecule has 0 aromatic heterocycles. The molecule has 0 spiro atoms. The molecule has 0 aliphatic heterocycles. The molecular weight excluding hydrogens is 668 g/mol. The number of aliphatic carboxylic acids is 2. The van der Waals surface area contributed by atoms with Crippen LogP contribution in [0.4, 0.5) is 26.3 Å². The van der Waals surface area contributed by atoms with E-state index in [9.17, 15) is 46.1 Å². The number of carbonyl (C=O) groups is 2. The summed E-state index contributed by atoms with van der Waals surface area (Å²) in [7, 11) is 0. The number of ether oxygens (including phenoxy) is 2. The molecule has 13 heteroatoms. The summed E-state index contributed by atoms with van der Waals surface area (Å²) in [6.45, 7) is 0.163. The summed E-state index contributed by atoms with van der Waals surface area (Å²) in [6.07, 6.45) is -2.96. The van der Waals surface area contributed by atoms with Crippen LogP contribution in [0.2, 0.25) is 0 Å². The van der Waals surface area contributed by atoms with E-state index in [0.717, 1.165) is 24.3 Å². The predicted octanol–water partition coefficient (Wildman–Crippen LogP) is 9.66. The summed E-state index contributed by atoms with van der Waals surface area (Å²) >= 11 is 0. The van der Waals surface area contributed by atoms with E-state index in [1.807, 2.05) is 0 Å². The number of hydrogen-bond donors (Lipinski definition) is 2. The van der Waals surface area contributed by atoms with Gasteiger partial charge in [-0.15, -0.1) is 0 Å². The quantitative estimate of drug-likeness (QED) is 0.119. The first kappa shape index (κ1) is 37.3. The van der Waals surface area contributed by atoms with Gasteiger partial charge in [-0.05, 0) is 78.2 Å². The van der Waals surface area contributed by atoms with E-state index in [1.165, 1.54) is 24.3 Å². The van der Waals surface area contributed by atoms with Crippen molar-refractivity contribution in [3.8, 4) is 23.0 Å². The lowest BCUT2D eigenvalue weighted by atomic mass is 10.1. The molecule has 0 bridgehead atoms. The predicted molar refractivity (Wildman–Crippen MR) is 174 cm³/mol. The van der Waals surface area contributed by atoms with E-state index in [-0.39, 0.29) is 48.9 Å². The number of nitrogens with zero attached hydrogens (tertiary/aromatic N) is 1. The first-order valence-corrected chi connectivity index (χ1v) is 15.1. The fraction of sp³-hybridized carbons (Fsp3) is 0.189. The zero-order chi connectivity index (χ0) is 36.3. The normalized spacial score (nSPS) is 12.8. The molecule has 4 aromatic carbocycles. The van der Waals surface area contributed by atoms with E-state index in [0.29, 0.717) is 11.1 Å². The Balaban J connectivity index is 1.47. The van der Waals surface area contributed by atoms with Crippen LogP contribution in [0, 0.1) is 0 Å². The van der Waals surface area contributed by atoms with Gasteiger partial charge in [-0.1, -0.05) is 60.7 Å². The fourth-order valence-electron chi connectivity index (χ4n) is 4.81. The number of alkyl halides is 6. The third-order valence-corrected chi connectivity index (χ3v) is 7.17. The maximum Gasteiger partial charge on any atom is 0.416 e. The van der Waals surface area contributed by atoms with E-state index in [4.69, 9.17) is 9.47 Å². The highest BCUT2D eigenvalue weighted by Crippen LogP contribution is 2.34. The maximum absolute atomic E-state index is 13.1. The fourth-order valence-corrected chi connectivity index (χ4v) is 4.81. The monoisotopic (exact) mass is 699 g/mol. The van der Waals surface area contributed by atoms with E-state index in [1.54, 1.807) is 77.7 Å². The topological polar surface area (TPSA) is 96.3 Å². The Hall–Kier alpha value is -5.56. The molecule has 0 radical (unpaired) electrons. The van der Waals surface area contributed by atoms with Crippen molar-refractivity contribution in [3.05, 3.63) is 131 Å². The minimum Gasteiger partial charge on any atom is -0.481 e. The van der Waals surface area contributed by atoms with Crippen LogP contribution in [-0.2, 0) is 21.9 Å². The molecule has 0 saturated carbocycles. The van der Waals surface area contributed by atoms with Crippen LogP contribution in [0.3, 0.4) is 0 Å². The van der Waals surface area contributed by atoms with E-state index in [2.05, 4.69) is 0 Å². The van der Waals surface area contributed by atoms with E-state index < -0.39 is 41.5 Å². The molecule has 50 heavy (non-hydrogen) atoms. The second-order valence-electron chi connectivity index (χ2n) is 10.9. The van der Waals surface area contributed by atoms with Crippen LogP contribution in [0.25, 0.3) is 12.2 Å². The van der Waals surface area contributed by atoms with Crippen LogP contribution in [0.1, 0.15) is 35.1 Å². The Morgan fingerprint density at radius 1 is 0.640 bits per heavy atom. The van der Waals surface area contributed by atoms with Crippen molar-refractivity contribution >= 4 is 24.1 Å². The van der Waals surface area contributed by atoms with Gasteiger partial charge in [0.1, 0.15) is 29.0 Å². The van der Waals surface area contributed by atoms with Gasteiger partial charge in [0.2, 0.25) is 0 Å². The lowest BCUT2D eigenvalue weighted by molar-refractivity contribution is -0.144. The average Bonchev–Trinajstić information content (AvgIpc) is 3.04. The molecule has 0 saturated heterocycles. The van der Waals surface area contributed by atoms with Gasteiger partial charge in [-0.3, -0.25) is 14.5 Å². The number of carboxylic acids is 2. The van der Waals surface area contributed by atoms with Crippen molar-refractivity contribution in [2.45, 2.75) is 31.2 Å². The zero-order valence-corrected chi connectivity index (χ0v) is 26.2. The van der Waals surface area contributed by atoms with Gasteiger partial charge in [0, 0.05) is 19.5 Å². The SMILES string of the molecule is O=C(O)CC[C@@H](C(=O)O)N(C/C=C/c1cccc(Oc2cccc(C(F)(F)F)c2)c1)C/C=C/c1cccc(Oc2cccc(C(F)(F)F)c2)c1. The molecule has 7 nitrogen and oxygen atoms in total. The minimum atomic E-state index is -4.53. The molecule has 0 aliphatic rings. The van der Waals surface area contributed by atoms with Gasteiger partial charge in [-0.25, -0.2) is 0 Å². The number of carboxylic acid groups (broad SMARTS) is 2. The molecule has 0 amide bonds. The van der Waals surface area contributed by atoms with Crippen molar-refractivity contribution < 1.29 is 55.6 Å². The summed E-state index contributed by atoms with van der Waals surface area (Å²) in [6, 6.07) is 20.8. The van der Waals surface area contributed by atoms with Gasteiger partial charge in [0.15, 0.2) is 0 Å². The Kier molecular flexibility index (Phi) is 12.4. The molecule has 2 N–H and O–H groups in total. The molecule has 262 valence electrons. The number of hydrogen-bond acceptors (Lipinski definition) is 5. The summed E-state index contributed by atoms with van der Waals surface area (Å²) < 4.78 is 89.8. The molecule has 0 fully saturated rings. The highest BCUT2D eigenvalue weighted by Gasteiger charge is 2.31. The standard InChI is InChI=1S/C37H31F6NO6/c38-36(39,40)27-11-3-15-31(23-27)49-29-13-1-7-25(21-29)9-5-19-44(33(35(47)48)17-18-34(45)46)20-6-10-26-8-2-14-30(22-26)50-32-16-4-12-28(24-32)37(41,42)43/h1-16,21-24,33H,17-20H2,(H,45,46)(H,47,48)/b9-5+,10-6+/t33-/m0/s1. The number of halogens is 6. The van der Waals surface area contributed by atoms with E-state index >= 15 is 0 Å². The molecule has 0 heterocycles. The average molecular weight is 700 g/mol. The Labute approximate surface area is 283 Å². The van der Waals surface area contributed by atoms with Crippen molar-refractivity contribution in [2.75, 3.05) is 13.1 Å². The van der Waals surface area contributed by atoms with Crippen LogP contribution in [-0.4, -0.2) is 46.2 Å². The lowest BCUT2D eigenvalue weighted by Crippen LogP contribution is -2.41. The maximum atomic E-state index is 13.1. The first-order valence-electron chi connectivity index (χ1n) is 15.1.